The summed E-state index contributed by atoms with van der Waals surface area (Å²) in [5, 5.41) is 8.85. The summed E-state index contributed by atoms with van der Waals surface area (Å²) in [6.45, 7) is 3.95. The fraction of sp³-hybridized carbons (Fsp3) is 0.471. The van der Waals surface area contributed by atoms with Crippen molar-refractivity contribution in [1.29, 1.82) is 0 Å². The highest BCUT2D eigenvalue weighted by Crippen LogP contribution is 2.24. The van der Waals surface area contributed by atoms with Crippen molar-refractivity contribution in [3.63, 3.8) is 0 Å². The molecule has 0 saturated heterocycles. The first kappa shape index (κ1) is 20.5. The molecular weight excluding hydrogens is 361 g/mol. The zero-order valence-corrected chi connectivity index (χ0v) is 15.6. The number of benzene rings is 1. The fourth-order valence-corrected chi connectivity index (χ4v) is 4.18. The molecule has 9 heteroatoms. The standard InChI is InChI=1S/C17H24FN3O4S/c1-3-12(2)16(17(22)19-23)20-26(24,25)21-10-8-14(9-11-21)13-4-6-15(18)7-5-13/h4-8,12,16,20,23H,3,9-11H2,1-2H3,(H,19,22)/t12-,16+/m0/s1. The van der Waals surface area contributed by atoms with Crippen molar-refractivity contribution < 1.29 is 22.8 Å². The monoisotopic (exact) mass is 385 g/mol. The molecule has 0 fully saturated rings. The van der Waals surface area contributed by atoms with Crippen LogP contribution in [0.5, 0.6) is 0 Å². The van der Waals surface area contributed by atoms with Crippen LogP contribution in [0.15, 0.2) is 30.3 Å². The van der Waals surface area contributed by atoms with Crippen LogP contribution in [-0.4, -0.2) is 43.0 Å². The van der Waals surface area contributed by atoms with Gasteiger partial charge in [0.15, 0.2) is 0 Å². The Hall–Kier alpha value is -1.81. The van der Waals surface area contributed by atoms with Gasteiger partial charge in [0.2, 0.25) is 0 Å². The molecule has 1 amide bonds. The summed E-state index contributed by atoms with van der Waals surface area (Å²) in [5.74, 6) is -1.40. The lowest BCUT2D eigenvalue weighted by Gasteiger charge is -2.29. The van der Waals surface area contributed by atoms with Gasteiger partial charge in [-0.1, -0.05) is 38.5 Å². The van der Waals surface area contributed by atoms with Gasteiger partial charge < -0.3 is 0 Å². The molecule has 0 saturated carbocycles. The highest BCUT2D eigenvalue weighted by Gasteiger charge is 2.32. The van der Waals surface area contributed by atoms with Gasteiger partial charge in [0, 0.05) is 13.1 Å². The van der Waals surface area contributed by atoms with Gasteiger partial charge in [-0.05, 0) is 35.6 Å². The van der Waals surface area contributed by atoms with E-state index in [1.54, 1.807) is 25.1 Å². The van der Waals surface area contributed by atoms with Crippen molar-refractivity contribution in [2.24, 2.45) is 5.92 Å². The fourth-order valence-electron chi connectivity index (χ4n) is 2.76. The zero-order chi connectivity index (χ0) is 19.3. The zero-order valence-electron chi connectivity index (χ0n) is 14.8. The SMILES string of the molecule is CC[C@H](C)[C@@H](NS(=O)(=O)N1CC=C(c2ccc(F)cc2)CC1)C(=O)NO. The second-order valence-electron chi connectivity index (χ2n) is 6.31. The van der Waals surface area contributed by atoms with Crippen molar-refractivity contribution >= 4 is 21.7 Å². The largest absolute Gasteiger partial charge is 0.289 e. The summed E-state index contributed by atoms with van der Waals surface area (Å²) in [7, 11) is -3.90. The maximum absolute atomic E-state index is 13.0. The predicted molar refractivity (Wildman–Crippen MR) is 95.8 cm³/mol. The topological polar surface area (TPSA) is 98.7 Å². The smallest absolute Gasteiger partial charge is 0.280 e. The maximum Gasteiger partial charge on any atom is 0.280 e. The van der Waals surface area contributed by atoms with Crippen LogP contribution in [0.4, 0.5) is 4.39 Å². The molecule has 0 aliphatic carbocycles. The number of hydroxylamine groups is 1. The van der Waals surface area contributed by atoms with E-state index in [-0.39, 0.29) is 24.8 Å². The molecule has 1 aliphatic heterocycles. The van der Waals surface area contributed by atoms with Crippen LogP contribution < -0.4 is 10.2 Å². The Morgan fingerprint density at radius 3 is 2.50 bits per heavy atom. The van der Waals surface area contributed by atoms with Crippen molar-refractivity contribution in [3.8, 4) is 0 Å². The Morgan fingerprint density at radius 1 is 1.35 bits per heavy atom. The molecule has 1 aliphatic rings. The number of halogens is 1. The van der Waals surface area contributed by atoms with E-state index in [4.69, 9.17) is 5.21 Å². The van der Waals surface area contributed by atoms with Gasteiger partial charge >= 0.3 is 0 Å². The van der Waals surface area contributed by atoms with E-state index in [1.165, 1.54) is 21.9 Å². The van der Waals surface area contributed by atoms with Crippen LogP contribution >= 0.6 is 0 Å². The number of hydrogen-bond donors (Lipinski definition) is 3. The van der Waals surface area contributed by atoms with Crippen molar-refractivity contribution in [1.82, 2.24) is 14.5 Å². The van der Waals surface area contributed by atoms with Crippen molar-refractivity contribution in [3.05, 3.63) is 41.7 Å². The molecular formula is C17H24FN3O4S. The number of amides is 1. The molecule has 0 bridgehead atoms. The Balaban J connectivity index is 2.10. The normalized spacial score (nSPS) is 18.1. The first-order valence-electron chi connectivity index (χ1n) is 8.44. The first-order chi connectivity index (χ1) is 12.3. The molecule has 3 N–H and O–H groups in total. The number of carbonyl (C=O) groups excluding carboxylic acids is 1. The molecule has 26 heavy (non-hydrogen) atoms. The number of nitrogens with one attached hydrogen (secondary N) is 2. The van der Waals surface area contributed by atoms with Gasteiger partial charge in [-0.2, -0.15) is 17.4 Å². The van der Waals surface area contributed by atoms with Gasteiger partial charge in [-0.15, -0.1) is 0 Å². The molecule has 1 heterocycles. The van der Waals surface area contributed by atoms with Crippen LogP contribution in [-0.2, 0) is 15.0 Å². The Kier molecular flexibility index (Phi) is 6.87. The molecule has 144 valence electrons. The highest BCUT2D eigenvalue weighted by molar-refractivity contribution is 7.87. The highest BCUT2D eigenvalue weighted by atomic mass is 32.2. The second kappa shape index (κ2) is 8.72. The minimum absolute atomic E-state index is 0.149. The van der Waals surface area contributed by atoms with E-state index in [0.717, 1.165) is 11.1 Å². The number of hydrogen-bond acceptors (Lipinski definition) is 4. The van der Waals surface area contributed by atoms with Gasteiger partial charge in [0.25, 0.3) is 16.1 Å². The maximum atomic E-state index is 13.0. The third kappa shape index (κ3) is 4.88. The summed E-state index contributed by atoms with van der Waals surface area (Å²) >= 11 is 0. The summed E-state index contributed by atoms with van der Waals surface area (Å²) in [6, 6.07) is 5.00. The van der Waals surface area contributed by atoms with E-state index in [1.807, 2.05) is 6.92 Å². The van der Waals surface area contributed by atoms with Crippen LogP contribution in [0.2, 0.25) is 0 Å². The van der Waals surface area contributed by atoms with Crippen LogP contribution in [0, 0.1) is 11.7 Å². The average molecular weight is 385 g/mol. The minimum atomic E-state index is -3.90. The molecule has 0 unspecified atom stereocenters. The molecule has 0 spiro atoms. The predicted octanol–water partition coefficient (Wildman–Crippen LogP) is 1.67. The average Bonchev–Trinajstić information content (AvgIpc) is 2.65. The lowest BCUT2D eigenvalue weighted by atomic mass is 10.00. The van der Waals surface area contributed by atoms with Crippen molar-refractivity contribution in [2.45, 2.75) is 32.7 Å². The molecule has 0 aromatic heterocycles. The van der Waals surface area contributed by atoms with E-state index < -0.39 is 22.2 Å². The Labute approximate surface area is 153 Å². The molecule has 2 atom stereocenters. The van der Waals surface area contributed by atoms with E-state index >= 15 is 0 Å². The minimum Gasteiger partial charge on any atom is -0.289 e. The molecule has 1 aromatic carbocycles. The van der Waals surface area contributed by atoms with Crippen molar-refractivity contribution in [2.75, 3.05) is 13.1 Å². The summed E-state index contributed by atoms with van der Waals surface area (Å²) < 4.78 is 41.8. The quantitative estimate of drug-likeness (QED) is 0.491. The van der Waals surface area contributed by atoms with Gasteiger partial charge in [-0.3, -0.25) is 10.0 Å². The Morgan fingerprint density at radius 2 is 2.00 bits per heavy atom. The first-order valence-corrected chi connectivity index (χ1v) is 9.88. The van der Waals surface area contributed by atoms with Crippen LogP contribution in [0.1, 0.15) is 32.3 Å². The lowest BCUT2D eigenvalue weighted by Crippen LogP contribution is -2.54. The Bertz CT molecular complexity index is 765. The molecule has 7 nitrogen and oxygen atoms in total. The van der Waals surface area contributed by atoms with Gasteiger partial charge in [-0.25, -0.2) is 9.87 Å². The van der Waals surface area contributed by atoms with E-state index in [0.29, 0.717) is 12.8 Å². The summed E-state index contributed by atoms with van der Waals surface area (Å²) in [5.41, 5.74) is 3.31. The third-order valence-corrected chi connectivity index (χ3v) is 6.17. The number of rotatable bonds is 7. The lowest BCUT2D eigenvalue weighted by molar-refractivity contribution is -0.132. The van der Waals surface area contributed by atoms with Crippen LogP contribution in [0.3, 0.4) is 0 Å². The summed E-state index contributed by atoms with van der Waals surface area (Å²) in [6.07, 6.45) is 2.82. The number of nitrogens with zero attached hydrogens (tertiary/aromatic N) is 1. The van der Waals surface area contributed by atoms with Gasteiger partial charge in [0.05, 0.1) is 0 Å². The molecule has 1 aromatic rings. The van der Waals surface area contributed by atoms with E-state index in [2.05, 4.69) is 4.72 Å². The second-order valence-corrected chi connectivity index (χ2v) is 8.01. The summed E-state index contributed by atoms with van der Waals surface area (Å²) in [4.78, 5) is 11.8. The molecule has 0 radical (unpaired) electrons. The number of carbonyl (C=O) groups is 1. The molecule has 2 rings (SSSR count). The third-order valence-electron chi connectivity index (χ3n) is 4.61. The van der Waals surface area contributed by atoms with Crippen LogP contribution in [0.25, 0.3) is 5.57 Å². The van der Waals surface area contributed by atoms with E-state index in [9.17, 15) is 17.6 Å². The van der Waals surface area contributed by atoms with Gasteiger partial charge in [0.1, 0.15) is 11.9 Å².